The Kier molecular flexibility index (Phi) is 5.36. The Morgan fingerprint density at radius 1 is 1.12 bits per heavy atom. The van der Waals surface area contributed by atoms with Gasteiger partial charge in [-0.05, 0) is 48.5 Å². The van der Waals surface area contributed by atoms with Crippen molar-refractivity contribution < 1.29 is 17.3 Å². The smallest absolute Gasteiger partial charge is 0.257 e. The molecule has 0 atom stereocenters. The molecule has 0 radical (unpaired) electrons. The van der Waals surface area contributed by atoms with E-state index >= 15 is 0 Å². The van der Waals surface area contributed by atoms with Crippen LogP contribution in [0.4, 0.5) is 4.39 Å². The summed E-state index contributed by atoms with van der Waals surface area (Å²) in [6, 6.07) is 11.6. The lowest BCUT2D eigenvalue weighted by molar-refractivity contribution is 0.415. The van der Waals surface area contributed by atoms with Crippen molar-refractivity contribution in [2.24, 2.45) is 0 Å². The lowest BCUT2D eigenvalue weighted by Crippen LogP contribution is -2.29. The van der Waals surface area contributed by atoms with Crippen LogP contribution in [-0.2, 0) is 16.4 Å². The molecule has 9 heteroatoms. The summed E-state index contributed by atoms with van der Waals surface area (Å²) in [4.78, 5) is 4.28. The summed E-state index contributed by atoms with van der Waals surface area (Å²) in [6.45, 7) is 0.152. The maximum absolute atomic E-state index is 13.0. The number of halogens is 2. The topological polar surface area (TPSA) is 76.3 Å². The van der Waals surface area contributed by atoms with E-state index in [1.165, 1.54) is 23.5 Å². The molecule has 3 rings (SSSR count). The summed E-state index contributed by atoms with van der Waals surface area (Å²) in [6.07, 6.45) is 0.272. The molecular formula is C17H15ClFN3O3S. The third kappa shape index (κ3) is 4.09. The monoisotopic (exact) mass is 395 g/mol. The van der Waals surface area contributed by atoms with Crippen LogP contribution >= 0.6 is 11.6 Å². The highest BCUT2D eigenvalue weighted by molar-refractivity contribution is 7.89. The summed E-state index contributed by atoms with van der Waals surface area (Å²) < 4.78 is 44.2. The molecule has 0 N–H and O–H groups in total. The third-order valence-corrected chi connectivity index (χ3v) is 5.85. The zero-order valence-corrected chi connectivity index (χ0v) is 15.3. The van der Waals surface area contributed by atoms with Crippen molar-refractivity contribution in [2.45, 2.75) is 11.3 Å². The minimum atomic E-state index is -3.71. The fourth-order valence-corrected chi connectivity index (χ4v) is 3.53. The van der Waals surface area contributed by atoms with E-state index in [0.29, 0.717) is 16.7 Å². The normalized spacial score (nSPS) is 11.8. The van der Waals surface area contributed by atoms with E-state index in [4.69, 9.17) is 16.1 Å². The highest BCUT2D eigenvalue weighted by Crippen LogP contribution is 2.20. The second-order valence-electron chi connectivity index (χ2n) is 5.55. The fourth-order valence-electron chi connectivity index (χ4n) is 2.23. The highest BCUT2D eigenvalue weighted by Gasteiger charge is 2.21. The zero-order chi connectivity index (χ0) is 18.7. The molecule has 0 aliphatic heterocycles. The Labute approximate surface area is 155 Å². The van der Waals surface area contributed by atoms with Crippen molar-refractivity contribution >= 4 is 21.6 Å². The van der Waals surface area contributed by atoms with Crippen LogP contribution in [0.15, 0.2) is 57.9 Å². The summed E-state index contributed by atoms with van der Waals surface area (Å²) in [5.41, 5.74) is 0.723. The van der Waals surface area contributed by atoms with Gasteiger partial charge in [0.2, 0.25) is 10.0 Å². The lowest BCUT2D eigenvalue weighted by Gasteiger charge is -2.16. The molecule has 0 fully saturated rings. The van der Waals surface area contributed by atoms with E-state index < -0.39 is 15.8 Å². The standard InChI is InChI=1S/C17H15ClFN3O3S/c1-22(26(23,24)15-8-6-14(19)7-9-15)11-10-16-20-17(25-21-16)12-2-4-13(18)5-3-12/h2-9H,10-11H2,1H3. The molecule has 0 aliphatic rings. The number of likely N-dealkylation sites (N-methyl/N-ethyl adjacent to an activating group) is 1. The molecule has 0 saturated heterocycles. The van der Waals surface area contributed by atoms with Crippen LogP contribution in [-0.4, -0.2) is 36.5 Å². The van der Waals surface area contributed by atoms with Crippen molar-refractivity contribution in [3.63, 3.8) is 0 Å². The predicted molar refractivity (Wildman–Crippen MR) is 94.7 cm³/mol. The van der Waals surface area contributed by atoms with Crippen LogP contribution in [0.25, 0.3) is 11.5 Å². The first-order valence-corrected chi connectivity index (χ1v) is 9.48. The predicted octanol–water partition coefficient (Wildman–Crippen LogP) is 3.39. The molecule has 136 valence electrons. The molecule has 1 heterocycles. The van der Waals surface area contributed by atoms with Crippen molar-refractivity contribution in [3.8, 4) is 11.5 Å². The molecule has 0 unspecified atom stereocenters. The van der Waals surface area contributed by atoms with Gasteiger partial charge in [-0.2, -0.15) is 4.98 Å². The van der Waals surface area contributed by atoms with E-state index in [2.05, 4.69) is 10.1 Å². The van der Waals surface area contributed by atoms with E-state index in [0.717, 1.165) is 17.7 Å². The largest absolute Gasteiger partial charge is 0.334 e. The molecule has 0 aliphatic carbocycles. The lowest BCUT2D eigenvalue weighted by atomic mass is 10.2. The first kappa shape index (κ1) is 18.5. The molecule has 3 aromatic rings. The summed E-state index contributed by atoms with van der Waals surface area (Å²) >= 11 is 5.84. The average Bonchev–Trinajstić information content (AvgIpc) is 3.09. The number of hydrogen-bond acceptors (Lipinski definition) is 5. The molecule has 1 aromatic heterocycles. The summed E-state index contributed by atoms with van der Waals surface area (Å²) in [7, 11) is -2.27. The van der Waals surface area contributed by atoms with E-state index in [9.17, 15) is 12.8 Å². The molecule has 26 heavy (non-hydrogen) atoms. The third-order valence-electron chi connectivity index (χ3n) is 3.73. The summed E-state index contributed by atoms with van der Waals surface area (Å²) in [5.74, 6) is 0.227. The van der Waals surface area contributed by atoms with Gasteiger partial charge in [-0.3, -0.25) is 0 Å². The van der Waals surface area contributed by atoms with Gasteiger partial charge in [0, 0.05) is 30.6 Å². The van der Waals surface area contributed by atoms with Gasteiger partial charge >= 0.3 is 0 Å². The summed E-state index contributed by atoms with van der Waals surface area (Å²) in [5, 5.41) is 4.46. The molecule has 0 amide bonds. The van der Waals surface area contributed by atoms with E-state index in [1.807, 2.05) is 0 Å². The number of rotatable bonds is 6. The van der Waals surface area contributed by atoms with Gasteiger partial charge in [-0.1, -0.05) is 16.8 Å². The fraction of sp³-hybridized carbons (Fsp3) is 0.176. The number of benzene rings is 2. The maximum atomic E-state index is 13.0. The molecule has 2 aromatic carbocycles. The molecule has 0 saturated carbocycles. The SMILES string of the molecule is CN(CCc1noc(-c2ccc(Cl)cc2)n1)S(=O)(=O)c1ccc(F)cc1. The highest BCUT2D eigenvalue weighted by atomic mass is 35.5. The van der Waals surface area contributed by atoms with Crippen molar-refractivity contribution in [2.75, 3.05) is 13.6 Å². The molecule has 0 bridgehead atoms. The second kappa shape index (κ2) is 7.53. The molecule has 0 spiro atoms. The van der Waals surface area contributed by atoms with Crippen LogP contribution < -0.4 is 0 Å². The zero-order valence-electron chi connectivity index (χ0n) is 13.8. The van der Waals surface area contributed by atoms with Gasteiger partial charge in [-0.15, -0.1) is 0 Å². The van der Waals surface area contributed by atoms with Crippen LogP contribution in [0.3, 0.4) is 0 Å². The van der Waals surface area contributed by atoms with Gasteiger partial charge in [0.1, 0.15) is 5.82 Å². The van der Waals surface area contributed by atoms with Gasteiger partial charge < -0.3 is 4.52 Å². The van der Waals surface area contributed by atoms with Gasteiger partial charge in [-0.25, -0.2) is 17.1 Å². The first-order valence-electron chi connectivity index (χ1n) is 7.67. The van der Waals surface area contributed by atoms with Crippen LogP contribution in [0.2, 0.25) is 5.02 Å². The Hall–Kier alpha value is -2.29. The van der Waals surface area contributed by atoms with Crippen LogP contribution in [0.1, 0.15) is 5.82 Å². The van der Waals surface area contributed by atoms with Gasteiger partial charge in [0.05, 0.1) is 4.90 Å². The van der Waals surface area contributed by atoms with E-state index in [-0.39, 0.29) is 17.9 Å². The van der Waals surface area contributed by atoms with E-state index in [1.54, 1.807) is 24.3 Å². The van der Waals surface area contributed by atoms with Crippen LogP contribution in [0, 0.1) is 5.82 Å². The minimum Gasteiger partial charge on any atom is -0.334 e. The maximum Gasteiger partial charge on any atom is 0.257 e. The second-order valence-corrected chi connectivity index (χ2v) is 8.03. The Morgan fingerprint density at radius 2 is 1.77 bits per heavy atom. The van der Waals surface area contributed by atoms with Gasteiger partial charge in [0.15, 0.2) is 5.82 Å². The minimum absolute atomic E-state index is 0.0244. The first-order chi connectivity index (χ1) is 12.4. The Balaban J connectivity index is 1.67. The molecule has 6 nitrogen and oxygen atoms in total. The Morgan fingerprint density at radius 3 is 2.42 bits per heavy atom. The number of nitrogens with zero attached hydrogens (tertiary/aromatic N) is 3. The Bertz CT molecular complexity index is 989. The number of aromatic nitrogens is 2. The quantitative estimate of drug-likeness (QED) is 0.639. The average molecular weight is 396 g/mol. The number of hydrogen-bond donors (Lipinski definition) is 0. The number of sulfonamides is 1. The van der Waals surface area contributed by atoms with Crippen molar-refractivity contribution in [1.29, 1.82) is 0 Å². The van der Waals surface area contributed by atoms with Crippen molar-refractivity contribution in [3.05, 3.63) is 65.2 Å². The molecular weight excluding hydrogens is 381 g/mol. The van der Waals surface area contributed by atoms with Crippen LogP contribution in [0.5, 0.6) is 0 Å². The van der Waals surface area contributed by atoms with Gasteiger partial charge in [0.25, 0.3) is 5.89 Å². The van der Waals surface area contributed by atoms with Crippen molar-refractivity contribution in [1.82, 2.24) is 14.4 Å².